The third kappa shape index (κ3) is 3.58. The predicted octanol–water partition coefficient (Wildman–Crippen LogP) is 7.51. The van der Waals surface area contributed by atoms with Gasteiger partial charge in [0.1, 0.15) is 0 Å². The van der Waals surface area contributed by atoms with Crippen molar-refractivity contribution in [2.24, 2.45) is 0 Å². The van der Waals surface area contributed by atoms with E-state index in [1.807, 2.05) is 11.3 Å². The maximum absolute atomic E-state index is 4.78. The Morgan fingerprint density at radius 3 is 2.35 bits per heavy atom. The monoisotopic (exact) mass is 486 g/mol. The van der Waals surface area contributed by atoms with E-state index < -0.39 is 13.3 Å². The predicted molar refractivity (Wildman–Crippen MR) is 140 cm³/mol. The number of hydrogen-bond acceptors (Lipinski definition) is 3. The molecule has 156 valence electrons. The van der Waals surface area contributed by atoms with Crippen molar-refractivity contribution in [3.8, 4) is 11.3 Å². The summed E-state index contributed by atoms with van der Waals surface area (Å²) in [6.45, 7) is 6.85. The van der Waals surface area contributed by atoms with Crippen LogP contribution in [0, 0.1) is 0 Å². The van der Waals surface area contributed by atoms with Crippen LogP contribution in [0.25, 0.3) is 42.3 Å². The maximum atomic E-state index is 4.78. The van der Waals surface area contributed by atoms with Crippen LogP contribution >= 0.6 is 11.3 Å². The summed E-state index contributed by atoms with van der Waals surface area (Å²) in [6.07, 6.45) is 1.73. The number of fused-ring (bicyclic) bond motifs is 4. The molecule has 3 aromatic carbocycles. The number of hydrogen-bond donors (Lipinski definition) is 0. The molecule has 0 aliphatic heterocycles. The van der Waals surface area contributed by atoms with E-state index >= 15 is 0 Å². The molecular weight excluding hydrogens is 457 g/mol. The van der Waals surface area contributed by atoms with Crippen LogP contribution < -0.4 is 4.40 Å². The zero-order chi connectivity index (χ0) is 22.0. The first-order valence-electron chi connectivity index (χ1n) is 10.8. The van der Waals surface area contributed by atoms with Crippen molar-refractivity contribution < 1.29 is 0 Å². The molecular formula is C27H28GeN2S. The average Bonchev–Trinajstić information content (AvgIpc) is 3.09. The third-order valence-electron chi connectivity index (χ3n) is 6.06. The second-order valence-electron chi connectivity index (χ2n) is 10.5. The Balaban J connectivity index is 1.80. The van der Waals surface area contributed by atoms with Crippen LogP contribution in [0.3, 0.4) is 0 Å². The van der Waals surface area contributed by atoms with Gasteiger partial charge in [0.2, 0.25) is 0 Å². The number of benzene rings is 3. The Bertz CT molecular complexity index is 1450. The van der Waals surface area contributed by atoms with E-state index in [9.17, 15) is 0 Å². The summed E-state index contributed by atoms with van der Waals surface area (Å²) in [5.74, 6) is 7.34. The summed E-state index contributed by atoms with van der Waals surface area (Å²) in [5, 5.41) is 3.83. The molecule has 2 aromatic heterocycles. The normalized spacial score (nSPS) is 12.8. The molecule has 0 saturated carbocycles. The average molecular weight is 485 g/mol. The molecule has 0 unspecified atom stereocenters. The zero-order valence-corrected chi connectivity index (χ0v) is 22.0. The van der Waals surface area contributed by atoms with Crippen molar-refractivity contribution in [2.75, 3.05) is 0 Å². The number of rotatable bonds is 2. The Morgan fingerprint density at radius 2 is 1.61 bits per heavy atom. The van der Waals surface area contributed by atoms with E-state index in [2.05, 4.69) is 92.6 Å². The van der Waals surface area contributed by atoms with Gasteiger partial charge in [-0.15, -0.1) is 0 Å². The summed E-state index contributed by atoms with van der Waals surface area (Å²) in [7, 11) is 0. The zero-order valence-electron chi connectivity index (χ0n) is 19.1. The molecule has 0 bridgehead atoms. The van der Waals surface area contributed by atoms with Crippen molar-refractivity contribution in [3.63, 3.8) is 0 Å². The van der Waals surface area contributed by atoms with Crippen molar-refractivity contribution in [1.82, 2.24) is 9.97 Å². The fraction of sp³-hybridized carbons (Fsp3) is 0.259. The van der Waals surface area contributed by atoms with Crippen molar-refractivity contribution in [2.45, 2.75) is 43.5 Å². The molecule has 0 N–H and O–H groups in total. The third-order valence-corrected chi connectivity index (χ3v) is 11.5. The van der Waals surface area contributed by atoms with Gasteiger partial charge in [-0.25, -0.2) is 0 Å². The van der Waals surface area contributed by atoms with Gasteiger partial charge < -0.3 is 0 Å². The van der Waals surface area contributed by atoms with Gasteiger partial charge in [0, 0.05) is 0 Å². The van der Waals surface area contributed by atoms with Gasteiger partial charge in [-0.05, 0) is 0 Å². The first kappa shape index (κ1) is 20.7. The van der Waals surface area contributed by atoms with Crippen LogP contribution in [0.1, 0.15) is 26.3 Å². The second-order valence-corrected chi connectivity index (χ2v) is 22.2. The van der Waals surface area contributed by atoms with Crippen molar-refractivity contribution in [3.05, 3.63) is 66.5 Å². The molecule has 5 aromatic rings. The molecule has 2 heterocycles. The van der Waals surface area contributed by atoms with E-state index in [1.165, 1.54) is 41.1 Å². The first-order chi connectivity index (χ1) is 14.6. The fourth-order valence-electron chi connectivity index (χ4n) is 4.31. The molecule has 0 aliphatic carbocycles. The molecule has 2 nitrogen and oxygen atoms in total. The van der Waals surface area contributed by atoms with E-state index in [0.29, 0.717) is 0 Å². The molecule has 0 saturated heterocycles. The Labute approximate surface area is 190 Å². The van der Waals surface area contributed by atoms with Crippen LogP contribution in [-0.2, 0) is 5.41 Å². The Kier molecular flexibility index (Phi) is 4.76. The Hall–Kier alpha value is -2.24. The van der Waals surface area contributed by atoms with Crippen LogP contribution in [-0.4, -0.2) is 23.2 Å². The summed E-state index contributed by atoms with van der Waals surface area (Å²) >= 11 is -0.0495. The molecule has 0 radical (unpaired) electrons. The van der Waals surface area contributed by atoms with Crippen molar-refractivity contribution >= 4 is 60.1 Å². The molecule has 0 atom stereocenters. The quantitative estimate of drug-likeness (QED) is 0.242. The van der Waals surface area contributed by atoms with E-state index in [1.54, 1.807) is 6.33 Å². The Morgan fingerprint density at radius 1 is 0.839 bits per heavy atom. The van der Waals surface area contributed by atoms with Gasteiger partial charge in [-0.1, -0.05) is 0 Å². The van der Waals surface area contributed by atoms with Gasteiger partial charge in [-0.2, -0.15) is 0 Å². The van der Waals surface area contributed by atoms with Crippen molar-refractivity contribution in [1.29, 1.82) is 0 Å². The molecule has 0 fully saturated rings. The van der Waals surface area contributed by atoms with E-state index in [0.717, 1.165) is 11.2 Å². The molecule has 0 aliphatic rings. The fourth-order valence-corrected chi connectivity index (χ4v) is 8.18. The standard InChI is InChI=1S/C27H28GeN2S/c1-27(2,3)22-14-18(13-17-9-7-8-10-20(17)22)24-26-25(30-16-29-24)21-12-11-19(28(4,5)6)15-23(21)31-26/h7-16H,1-6H3. The number of thiophene rings is 1. The first-order valence-corrected chi connectivity index (χ1v) is 19.0. The summed E-state index contributed by atoms with van der Waals surface area (Å²) in [5.41, 5.74) is 4.70. The van der Waals surface area contributed by atoms with Gasteiger partial charge in [0.15, 0.2) is 0 Å². The van der Waals surface area contributed by atoms with Crippen LogP contribution in [0.15, 0.2) is 60.9 Å². The second kappa shape index (κ2) is 7.14. The van der Waals surface area contributed by atoms with E-state index in [4.69, 9.17) is 9.97 Å². The van der Waals surface area contributed by atoms with Crippen LogP contribution in [0.2, 0.25) is 17.3 Å². The van der Waals surface area contributed by atoms with Crippen LogP contribution in [0.5, 0.6) is 0 Å². The molecule has 0 amide bonds. The van der Waals surface area contributed by atoms with E-state index in [-0.39, 0.29) is 5.41 Å². The van der Waals surface area contributed by atoms with Crippen LogP contribution in [0.4, 0.5) is 0 Å². The van der Waals surface area contributed by atoms with Gasteiger partial charge >= 0.3 is 191 Å². The topological polar surface area (TPSA) is 25.8 Å². The molecule has 4 heteroatoms. The molecule has 0 spiro atoms. The summed E-state index contributed by atoms with van der Waals surface area (Å²) in [4.78, 5) is 9.48. The number of aromatic nitrogens is 2. The molecule has 5 rings (SSSR count). The summed E-state index contributed by atoms with van der Waals surface area (Å²) < 4.78 is 4.05. The molecule has 31 heavy (non-hydrogen) atoms. The SMILES string of the molecule is CC(C)(C)c1cc(-c2ncnc3c2sc2c[c]([Ge]([CH3])([CH3])[CH3])ccc23)cc2ccccc12. The van der Waals surface area contributed by atoms with Gasteiger partial charge in [-0.3, -0.25) is 0 Å². The number of nitrogens with zero attached hydrogens (tertiary/aromatic N) is 2. The minimum absolute atomic E-state index is 0.0514. The van der Waals surface area contributed by atoms with Gasteiger partial charge in [0.25, 0.3) is 0 Å². The summed E-state index contributed by atoms with van der Waals surface area (Å²) in [6, 6.07) is 20.3. The van der Waals surface area contributed by atoms with Gasteiger partial charge in [0.05, 0.1) is 0 Å². The minimum atomic E-state index is -1.89.